The Hall–Kier alpha value is -3.97. The van der Waals surface area contributed by atoms with Crippen LogP contribution in [0.5, 0.6) is 5.88 Å². The smallest absolute Gasteiger partial charge is 0.416 e. The van der Waals surface area contributed by atoms with Gasteiger partial charge in [0.05, 0.1) is 29.9 Å². The van der Waals surface area contributed by atoms with Crippen LogP contribution in [-0.4, -0.2) is 67.7 Å². The van der Waals surface area contributed by atoms with Crippen LogP contribution in [0.25, 0.3) is 5.69 Å². The largest absolute Gasteiger partial charge is 0.481 e. The lowest BCUT2D eigenvalue weighted by Crippen LogP contribution is -2.28. The van der Waals surface area contributed by atoms with E-state index in [1.54, 1.807) is 13.8 Å². The fourth-order valence-electron chi connectivity index (χ4n) is 4.20. The van der Waals surface area contributed by atoms with Crippen molar-refractivity contribution >= 4 is 11.9 Å². The van der Waals surface area contributed by atoms with Gasteiger partial charge in [-0.05, 0) is 47.9 Å². The van der Waals surface area contributed by atoms with E-state index in [1.807, 2.05) is 0 Å². The Morgan fingerprint density at radius 2 is 1.73 bits per heavy atom. The first-order valence-corrected chi connectivity index (χ1v) is 12.7. The summed E-state index contributed by atoms with van der Waals surface area (Å²) in [5.41, 5.74) is -0.00716. The molecule has 0 saturated heterocycles. The Kier molecular flexibility index (Phi) is 10.1. The minimum absolute atomic E-state index is 0.0502. The molecule has 3 aromatic rings. The molecule has 0 radical (unpaired) electrons. The number of carbonyl (C=O) groups excluding carboxylic acids is 1. The highest BCUT2D eigenvalue weighted by atomic mass is 19.4. The van der Waals surface area contributed by atoms with Crippen molar-refractivity contribution in [3.05, 3.63) is 76.7 Å². The van der Waals surface area contributed by atoms with Crippen LogP contribution in [0.2, 0.25) is 0 Å². The second kappa shape index (κ2) is 13.1. The number of amides is 1. The lowest BCUT2D eigenvalue weighted by atomic mass is 10.0. The summed E-state index contributed by atoms with van der Waals surface area (Å²) in [6, 6.07) is 9.75. The number of ether oxygens (including phenoxy) is 1. The second-order valence-corrected chi connectivity index (χ2v) is 9.92. The van der Waals surface area contributed by atoms with Gasteiger partial charge in [0.15, 0.2) is 5.69 Å². The number of carboxylic acids is 1. The zero-order valence-electron chi connectivity index (χ0n) is 22.6. The molecule has 2 aromatic carbocycles. The number of halogens is 4. The van der Waals surface area contributed by atoms with E-state index >= 15 is 0 Å². The molecule has 0 saturated carbocycles. The van der Waals surface area contributed by atoms with Crippen LogP contribution >= 0.6 is 0 Å². The number of nitrogens with zero attached hydrogens (tertiary/aromatic N) is 3. The van der Waals surface area contributed by atoms with Gasteiger partial charge in [-0.25, -0.2) is 9.07 Å². The van der Waals surface area contributed by atoms with Crippen molar-refractivity contribution in [2.45, 2.75) is 57.5 Å². The molecule has 0 aliphatic carbocycles. The maximum atomic E-state index is 13.6. The van der Waals surface area contributed by atoms with Crippen LogP contribution in [0.1, 0.15) is 59.8 Å². The Morgan fingerprint density at radius 3 is 2.32 bits per heavy atom. The number of alkyl halides is 3. The molecule has 3 rings (SSSR count). The highest BCUT2D eigenvalue weighted by Gasteiger charge is 2.32. The summed E-state index contributed by atoms with van der Waals surface area (Å²) in [5.74, 6) is -2.69. The van der Waals surface area contributed by atoms with Gasteiger partial charge in [-0.2, -0.15) is 18.3 Å². The first-order chi connectivity index (χ1) is 19.2. The van der Waals surface area contributed by atoms with Crippen molar-refractivity contribution < 1.29 is 47.2 Å². The van der Waals surface area contributed by atoms with Crippen molar-refractivity contribution in [2.75, 3.05) is 13.7 Å². The molecule has 3 N–H and O–H groups in total. The summed E-state index contributed by atoms with van der Waals surface area (Å²) >= 11 is 0. The SMILES string of the molecule is CC(C)c1c(C(=O)N(C)Cc2cccc(C(F)(F)F)c2)nn(-c2ccc(F)cc2)c1OC[C@@H](O)C[C@@H](O)CC(=O)O. The monoisotopic (exact) mass is 581 g/mol. The zero-order valence-corrected chi connectivity index (χ0v) is 22.6. The summed E-state index contributed by atoms with van der Waals surface area (Å²) in [7, 11) is 1.41. The first kappa shape index (κ1) is 31.6. The average molecular weight is 582 g/mol. The van der Waals surface area contributed by atoms with Crippen LogP contribution in [0, 0.1) is 5.82 Å². The summed E-state index contributed by atoms with van der Waals surface area (Å²) in [5, 5.41) is 33.5. The second-order valence-electron chi connectivity index (χ2n) is 9.92. The Labute approximate surface area is 233 Å². The topological polar surface area (TPSA) is 125 Å². The predicted molar refractivity (Wildman–Crippen MR) is 139 cm³/mol. The molecule has 2 atom stereocenters. The molecule has 0 fully saturated rings. The molecular weight excluding hydrogens is 550 g/mol. The standard InChI is InChI=1S/C28H31F4N3O6/c1-16(2)24-25(26(40)34(3)14-17-5-4-6-18(11-17)28(30,31)32)33-35(20-9-7-19(29)8-10-20)27(24)41-15-22(37)12-21(36)13-23(38)39/h4-11,16,21-22,36-37H,12-15H2,1-3H3,(H,38,39)/t21-,22+/m1/s1. The van der Waals surface area contributed by atoms with Crippen LogP contribution in [0.4, 0.5) is 17.6 Å². The van der Waals surface area contributed by atoms with Gasteiger partial charge in [0.1, 0.15) is 12.4 Å². The lowest BCUT2D eigenvalue weighted by molar-refractivity contribution is -0.140. The van der Waals surface area contributed by atoms with Crippen molar-refractivity contribution in [2.24, 2.45) is 0 Å². The molecule has 0 spiro atoms. The number of aliphatic hydroxyl groups excluding tert-OH is 2. The van der Waals surface area contributed by atoms with E-state index in [2.05, 4.69) is 5.10 Å². The van der Waals surface area contributed by atoms with E-state index in [0.29, 0.717) is 11.3 Å². The minimum atomic E-state index is -4.54. The van der Waals surface area contributed by atoms with Gasteiger partial charge in [0.25, 0.3) is 5.91 Å². The summed E-state index contributed by atoms with van der Waals surface area (Å²) in [4.78, 5) is 25.6. The normalized spacial score (nSPS) is 13.2. The number of aliphatic carboxylic acids is 1. The Morgan fingerprint density at radius 1 is 1.07 bits per heavy atom. The Balaban J connectivity index is 1.96. The highest BCUT2D eigenvalue weighted by molar-refractivity contribution is 5.94. The first-order valence-electron chi connectivity index (χ1n) is 12.7. The molecule has 0 aliphatic heterocycles. The van der Waals surface area contributed by atoms with Gasteiger partial charge < -0.3 is 25.0 Å². The molecule has 1 heterocycles. The number of carbonyl (C=O) groups is 2. The van der Waals surface area contributed by atoms with Crippen LogP contribution in [0.15, 0.2) is 48.5 Å². The number of aromatic nitrogens is 2. The molecule has 0 unspecified atom stereocenters. The van der Waals surface area contributed by atoms with Crippen molar-refractivity contribution in [1.29, 1.82) is 0 Å². The number of hydrogen-bond acceptors (Lipinski definition) is 6. The van der Waals surface area contributed by atoms with E-state index in [1.165, 1.54) is 53.0 Å². The summed E-state index contributed by atoms with van der Waals surface area (Å²) < 4.78 is 60.3. The van der Waals surface area contributed by atoms with Gasteiger partial charge in [-0.15, -0.1) is 0 Å². The van der Waals surface area contributed by atoms with Gasteiger partial charge >= 0.3 is 12.1 Å². The fourth-order valence-corrected chi connectivity index (χ4v) is 4.20. The average Bonchev–Trinajstić information content (AvgIpc) is 3.26. The minimum Gasteiger partial charge on any atom is -0.481 e. The quantitative estimate of drug-likeness (QED) is 0.271. The van der Waals surface area contributed by atoms with Gasteiger partial charge in [0, 0.05) is 25.6 Å². The third-order valence-electron chi connectivity index (χ3n) is 6.12. The van der Waals surface area contributed by atoms with Gasteiger partial charge in [0.2, 0.25) is 5.88 Å². The van der Waals surface area contributed by atoms with Crippen LogP contribution < -0.4 is 4.74 Å². The number of aliphatic hydroxyl groups is 2. The van der Waals surface area contributed by atoms with E-state index < -0.39 is 54.7 Å². The highest BCUT2D eigenvalue weighted by Crippen LogP contribution is 2.34. The van der Waals surface area contributed by atoms with E-state index in [9.17, 15) is 37.4 Å². The van der Waals surface area contributed by atoms with E-state index in [4.69, 9.17) is 9.84 Å². The molecule has 13 heteroatoms. The summed E-state index contributed by atoms with van der Waals surface area (Å²) in [6.45, 7) is 2.97. The molecule has 9 nitrogen and oxygen atoms in total. The molecular formula is C28H31F4N3O6. The van der Waals surface area contributed by atoms with E-state index in [-0.39, 0.29) is 36.0 Å². The summed E-state index contributed by atoms with van der Waals surface area (Å²) in [6.07, 6.45) is -8.00. The number of rotatable bonds is 12. The molecule has 0 aliphatic rings. The van der Waals surface area contributed by atoms with Crippen LogP contribution in [-0.2, 0) is 17.5 Å². The molecule has 41 heavy (non-hydrogen) atoms. The number of hydrogen-bond donors (Lipinski definition) is 3. The molecule has 1 aromatic heterocycles. The van der Waals surface area contributed by atoms with Crippen molar-refractivity contribution in [1.82, 2.24) is 14.7 Å². The Bertz CT molecular complexity index is 1360. The zero-order chi connectivity index (χ0) is 30.5. The molecule has 1 amide bonds. The maximum absolute atomic E-state index is 13.6. The van der Waals surface area contributed by atoms with Crippen LogP contribution in [0.3, 0.4) is 0 Å². The third-order valence-corrected chi connectivity index (χ3v) is 6.12. The maximum Gasteiger partial charge on any atom is 0.416 e. The van der Waals surface area contributed by atoms with Crippen molar-refractivity contribution in [3.63, 3.8) is 0 Å². The number of carboxylic acid groups (broad SMARTS) is 1. The van der Waals surface area contributed by atoms with Gasteiger partial charge in [-0.1, -0.05) is 26.0 Å². The molecule has 222 valence electrons. The van der Waals surface area contributed by atoms with Crippen molar-refractivity contribution in [3.8, 4) is 11.6 Å². The third kappa shape index (κ3) is 8.27. The van der Waals surface area contributed by atoms with E-state index in [0.717, 1.165) is 12.1 Å². The molecule has 0 bridgehead atoms. The fraction of sp³-hybridized carbons (Fsp3) is 0.393. The lowest BCUT2D eigenvalue weighted by Gasteiger charge is -2.19. The predicted octanol–water partition coefficient (Wildman–Crippen LogP) is 4.39. The number of benzene rings is 2. The van der Waals surface area contributed by atoms with Gasteiger partial charge in [-0.3, -0.25) is 9.59 Å².